The highest BCUT2D eigenvalue weighted by Gasteiger charge is 2.27. The molecule has 0 spiro atoms. The van der Waals surface area contributed by atoms with Crippen molar-refractivity contribution in [1.82, 2.24) is 14.1 Å². The van der Waals surface area contributed by atoms with Gasteiger partial charge in [0.25, 0.3) is 5.91 Å². The lowest BCUT2D eigenvalue weighted by atomic mass is 10.1. The van der Waals surface area contributed by atoms with Crippen LogP contribution in [0.3, 0.4) is 0 Å². The lowest BCUT2D eigenvalue weighted by molar-refractivity contribution is 0.0730. The van der Waals surface area contributed by atoms with Crippen LogP contribution in [-0.2, 0) is 16.6 Å². The Kier molecular flexibility index (Phi) is 7.97. The third kappa shape index (κ3) is 5.90. The second kappa shape index (κ2) is 10.5. The van der Waals surface area contributed by atoms with Gasteiger partial charge in [0.15, 0.2) is 0 Å². The summed E-state index contributed by atoms with van der Waals surface area (Å²) in [5.41, 5.74) is 0.403. The summed E-state index contributed by atoms with van der Waals surface area (Å²) in [7, 11) is 0.0211. The molecule has 1 aliphatic heterocycles. The molecule has 0 aliphatic carbocycles. The summed E-state index contributed by atoms with van der Waals surface area (Å²) < 4.78 is 55.0. The van der Waals surface area contributed by atoms with Gasteiger partial charge in [-0.2, -0.15) is 4.31 Å². The molecule has 0 saturated carbocycles. The standard InChI is InChI=1S/C23H29F2N3O3S/c1-26(2)13-14-27(17-19-9-10-20(24)16-22(19)25)23(29)18-7-6-8-21(15-18)32(30,31)28-11-4-3-5-12-28/h6-10,15-16H,3-5,11-14,17H2,1-2H3. The van der Waals surface area contributed by atoms with Gasteiger partial charge in [-0.05, 0) is 51.2 Å². The fourth-order valence-corrected chi connectivity index (χ4v) is 5.22. The molecule has 2 aromatic carbocycles. The van der Waals surface area contributed by atoms with E-state index in [4.69, 9.17) is 0 Å². The third-order valence-electron chi connectivity index (χ3n) is 5.51. The highest BCUT2D eigenvalue weighted by Crippen LogP contribution is 2.22. The number of halogens is 2. The van der Waals surface area contributed by atoms with Crippen molar-refractivity contribution in [2.24, 2.45) is 0 Å². The number of amides is 1. The smallest absolute Gasteiger partial charge is 0.254 e. The molecule has 1 heterocycles. The molecule has 9 heteroatoms. The average Bonchev–Trinajstić information content (AvgIpc) is 2.78. The largest absolute Gasteiger partial charge is 0.333 e. The van der Waals surface area contributed by atoms with Gasteiger partial charge in [0.2, 0.25) is 10.0 Å². The fourth-order valence-electron chi connectivity index (χ4n) is 3.66. The van der Waals surface area contributed by atoms with E-state index in [1.807, 2.05) is 19.0 Å². The number of carbonyl (C=O) groups excluding carboxylic acids is 1. The van der Waals surface area contributed by atoms with E-state index in [1.54, 1.807) is 12.1 Å². The van der Waals surface area contributed by atoms with E-state index in [-0.39, 0.29) is 22.6 Å². The number of piperidine rings is 1. The molecule has 2 aromatic rings. The van der Waals surface area contributed by atoms with Crippen molar-refractivity contribution in [3.05, 3.63) is 65.2 Å². The molecule has 6 nitrogen and oxygen atoms in total. The van der Waals surface area contributed by atoms with Crippen LogP contribution in [0.1, 0.15) is 35.2 Å². The van der Waals surface area contributed by atoms with Crippen molar-refractivity contribution >= 4 is 15.9 Å². The first-order valence-corrected chi connectivity index (χ1v) is 12.1. The number of carbonyl (C=O) groups is 1. The van der Waals surface area contributed by atoms with Gasteiger partial charge in [-0.1, -0.05) is 18.6 Å². The summed E-state index contributed by atoms with van der Waals surface area (Å²) in [6, 6.07) is 9.24. The van der Waals surface area contributed by atoms with Gasteiger partial charge < -0.3 is 9.80 Å². The summed E-state index contributed by atoms with van der Waals surface area (Å²) in [5, 5.41) is 0. The van der Waals surface area contributed by atoms with Crippen molar-refractivity contribution in [2.75, 3.05) is 40.3 Å². The van der Waals surface area contributed by atoms with E-state index in [2.05, 4.69) is 0 Å². The van der Waals surface area contributed by atoms with Crippen LogP contribution in [0, 0.1) is 11.6 Å². The summed E-state index contributed by atoms with van der Waals surface area (Å²) >= 11 is 0. The van der Waals surface area contributed by atoms with Crippen molar-refractivity contribution in [3.8, 4) is 0 Å². The minimum atomic E-state index is -3.69. The number of benzene rings is 2. The van der Waals surface area contributed by atoms with Gasteiger partial charge in [0.1, 0.15) is 11.6 Å². The highest BCUT2D eigenvalue weighted by molar-refractivity contribution is 7.89. The molecule has 0 bridgehead atoms. The SMILES string of the molecule is CN(C)CCN(Cc1ccc(F)cc1F)C(=O)c1cccc(S(=O)(=O)N2CCCCC2)c1. The monoisotopic (exact) mass is 465 g/mol. The Bertz CT molecular complexity index is 1050. The normalized spacial score (nSPS) is 15.2. The molecule has 174 valence electrons. The van der Waals surface area contributed by atoms with E-state index < -0.39 is 27.6 Å². The number of likely N-dealkylation sites (N-methyl/N-ethyl adjacent to an activating group) is 1. The lowest BCUT2D eigenvalue weighted by Gasteiger charge is -2.27. The summed E-state index contributed by atoms with van der Waals surface area (Å²) in [4.78, 5) is 16.7. The van der Waals surface area contributed by atoms with Crippen LogP contribution in [0.2, 0.25) is 0 Å². The Balaban J connectivity index is 1.87. The molecule has 0 unspecified atom stereocenters. The topological polar surface area (TPSA) is 60.9 Å². The Hall–Kier alpha value is -2.36. The first-order chi connectivity index (χ1) is 15.2. The number of hydrogen-bond donors (Lipinski definition) is 0. The Labute approximate surface area is 188 Å². The second-order valence-corrected chi connectivity index (χ2v) is 10.2. The number of rotatable bonds is 8. The number of sulfonamides is 1. The first-order valence-electron chi connectivity index (χ1n) is 10.7. The predicted molar refractivity (Wildman–Crippen MR) is 119 cm³/mol. The first kappa shape index (κ1) is 24.3. The maximum absolute atomic E-state index is 14.2. The molecule has 0 N–H and O–H groups in total. The van der Waals surface area contributed by atoms with E-state index in [0.29, 0.717) is 26.2 Å². The number of nitrogens with zero attached hydrogens (tertiary/aromatic N) is 3. The molecule has 1 fully saturated rings. The maximum Gasteiger partial charge on any atom is 0.254 e. The maximum atomic E-state index is 14.2. The molecule has 0 aromatic heterocycles. The van der Waals surface area contributed by atoms with E-state index in [0.717, 1.165) is 31.4 Å². The van der Waals surface area contributed by atoms with Gasteiger partial charge in [0, 0.05) is 49.9 Å². The van der Waals surface area contributed by atoms with Gasteiger partial charge in [-0.15, -0.1) is 0 Å². The van der Waals surface area contributed by atoms with Gasteiger partial charge in [-0.25, -0.2) is 17.2 Å². The molecular formula is C23H29F2N3O3S. The molecule has 1 saturated heterocycles. The van der Waals surface area contributed by atoms with Crippen LogP contribution in [0.25, 0.3) is 0 Å². The molecule has 1 amide bonds. The molecular weight excluding hydrogens is 436 g/mol. The zero-order valence-corrected chi connectivity index (χ0v) is 19.2. The van der Waals surface area contributed by atoms with Crippen molar-refractivity contribution in [1.29, 1.82) is 0 Å². The van der Waals surface area contributed by atoms with Crippen LogP contribution < -0.4 is 0 Å². The molecule has 0 atom stereocenters. The summed E-state index contributed by atoms with van der Waals surface area (Å²) in [6.45, 7) is 1.71. The van der Waals surface area contributed by atoms with E-state index in [1.165, 1.54) is 27.4 Å². The van der Waals surface area contributed by atoms with Gasteiger partial charge in [0.05, 0.1) is 4.90 Å². The fraction of sp³-hybridized carbons (Fsp3) is 0.435. The van der Waals surface area contributed by atoms with Gasteiger partial charge in [-0.3, -0.25) is 4.79 Å². The number of hydrogen-bond acceptors (Lipinski definition) is 4. The van der Waals surface area contributed by atoms with E-state index in [9.17, 15) is 22.0 Å². The predicted octanol–water partition coefficient (Wildman–Crippen LogP) is 3.34. The van der Waals surface area contributed by atoms with Crippen molar-refractivity contribution in [3.63, 3.8) is 0 Å². The Morgan fingerprint density at radius 2 is 1.72 bits per heavy atom. The molecule has 1 aliphatic rings. The minimum Gasteiger partial charge on any atom is -0.333 e. The second-order valence-electron chi connectivity index (χ2n) is 8.26. The molecule has 0 radical (unpaired) electrons. The van der Waals surface area contributed by atoms with Crippen LogP contribution in [0.4, 0.5) is 8.78 Å². The zero-order chi connectivity index (χ0) is 23.3. The van der Waals surface area contributed by atoms with Crippen LogP contribution in [0.5, 0.6) is 0 Å². The Morgan fingerprint density at radius 3 is 2.38 bits per heavy atom. The highest BCUT2D eigenvalue weighted by atomic mass is 32.2. The van der Waals surface area contributed by atoms with Crippen LogP contribution >= 0.6 is 0 Å². The average molecular weight is 466 g/mol. The zero-order valence-electron chi connectivity index (χ0n) is 18.4. The van der Waals surface area contributed by atoms with Crippen molar-refractivity contribution < 1.29 is 22.0 Å². The summed E-state index contributed by atoms with van der Waals surface area (Å²) in [5.74, 6) is -1.83. The summed E-state index contributed by atoms with van der Waals surface area (Å²) in [6.07, 6.45) is 2.64. The lowest BCUT2D eigenvalue weighted by Crippen LogP contribution is -2.37. The van der Waals surface area contributed by atoms with Gasteiger partial charge >= 0.3 is 0 Å². The van der Waals surface area contributed by atoms with Crippen LogP contribution in [0.15, 0.2) is 47.4 Å². The van der Waals surface area contributed by atoms with Crippen LogP contribution in [-0.4, -0.2) is 68.7 Å². The molecule has 32 heavy (non-hydrogen) atoms. The third-order valence-corrected chi connectivity index (χ3v) is 7.41. The van der Waals surface area contributed by atoms with Crippen molar-refractivity contribution in [2.45, 2.75) is 30.7 Å². The molecule has 3 rings (SSSR count). The van der Waals surface area contributed by atoms with E-state index >= 15 is 0 Å². The Morgan fingerprint density at radius 1 is 1.00 bits per heavy atom. The minimum absolute atomic E-state index is 0.0537. The quantitative estimate of drug-likeness (QED) is 0.600.